The zero-order valence-corrected chi connectivity index (χ0v) is 12.3. The van der Waals surface area contributed by atoms with Gasteiger partial charge in [-0.05, 0) is 23.8 Å². The highest BCUT2D eigenvalue weighted by Gasteiger charge is 2.12. The monoisotopic (exact) mass is 309 g/mol. The summed E-state index contributed by atoms with van der Waals surface area (Å²) in [7, 11) is 0. The topological polar surface area (TPSA) is 65.0 Å². The van der Waals surface area contributed by atoms with Crippen molar-refractivity contribution in [3.63, 3.8) is 0 Å². The molecule has 0 aliphatic rings. The van der Waals surface area contributed by atoms with Gasteiger partial charge >= 0.3 is 0 Å². The van der Waals surface area contributed by atoms with Crippen LogP contribution < -0.4 is 0 Å². The summed E-state index contributed by atoms with van der Waals surface area (Å²) in [4.78, 5) is 4.44. The van der Waals surface area contributed by atoms with Crippen molar-refractivity contribution in [3.8, 4) is 11.7 Å². The number of benzene rings is 1. The summed E-state index contributed by atoms with van der Waals surface area (Å²) in [5.74, 6) is 1.68. The Morgan fingerprint density at radius 3 is 2.86 bits per heavy atom. The molecule has 0 N–H and O–H groups in total. The summed E-state index contributed by atoms with van der Waals surface area (Å²) in [6.45, 7) is 0. The maximum absolute atomic E-state index is 5.59. The van der Waals surface area contributed by atoms with Crippen molar-refractivity contribution in [2.75, 3.05) is 0 Å². The van der Waals surface area contributed by atoms with Crippen molar-refractivity contribution < 1.29 is 8.83 Å². The molecule has 4 rings (SSSR count). The number of fused-ring (bicyclic) bond motifs is 1. The van der Waals surface area contributed by atoms with E-state index in [1.165, 1.54) is 11.8 Å². The molecular formula is C16H11N3O2S. The molecule has 0 bridgehead atoms. The SMILES string of the molecule is c1coc(-c2nnc(SCc3cccc4cccnc34)o2)c1. The van der Waals surface area contributed by atoms with Crippen LogP contribution in [-0.2, 0) is 5.75 Å². The quantitative estimate of drug-likeness (QED) is 0.527. The van der Waals surface area contributed by atoms with E-state index in [1.54, 1.807) is 24.6 Å². The molecule has 0 saturated heterocycles. The van der Waals surface area contributed by atoms with E-state index in [-0.39, 0.29) is 0 Å². The van der Waals surface area contributed by atoms with Crippen LogP contribution in [-0.4, -0.2) is 15.2 Å². The van der Waals surface area contributed by atoms with Crippen LogP contribution in [0.15, 0.2) is 69.0 Å². The first kappa shape index (κ1) is 13.1. The third-order valence-corrected chi connectivity index (χ3v) is 4.07. The van der Waals surface area contributed by atoms with Crippen molar-refractivity contribution in [1.82, 2.24) is 15.2 Å². The molecule has 0 unspecified atom stereocenters. The Balaban J connectivity index is 1.55. The highest BCUT2D eigenvalue weighted by atomic mass is 32.2. The van der Waals surface area contributed by atoms with Gasteiger partial charge < -0.3 is 8.83 Å². The zero-order valence-electron chi connectivity index (χ0n) is 11.5. The van der Waals surface area contributed by atoms with Gasteiger partial charge in [0.1, 0.15) is 0 Å². The maximum atomic E-state index is 5.59. The zero-order chi connectivity index (χ0) is 14.8. The predicted molar refractivity (Wildman–Crippen MR) is 83.3 cm³/mol. The standard InChI is InChI=1S/C16H11N3O2S/c1-4-11-6-2-8-17-14(11)12(5-1)10-22-16-19-18-15(21-16)13-7-3-9-20-13/h1-9H,10H2. The summed E-state index contributed by atoms with van der Waals surface area (Å²) in [5, 5.41) is 9.66. The van der Waals surface area contributed by atoms with Gasteiger partial charge in [0.2, 0.25) is 0 Å². The van der Waals surface area contributed by atoms with Gasteiger partial charge in [0.05, 0.1) is 11.8 Å². The van der Waals surface area contributed by atoms with E-state index in [0.717, 1.165) is 16.5 Å². The predicted octanol–water partition coefficient (Wildman–Crippen LogP) is 4.17. The number of rotatable bonds is 4. The molecule has 0 radical (unpaired) electrons. The number of aromatic nitrogens is 3. The lowest BCUT2D eigenvalue weighted by Gasteiger charge is -2.03. The second kappa shape index (κ2) is 5.65. The number of para-hydroxylation sites is 1. The summed E-state index contributed by atoms with van der Waals surface area (Å²) >= 11 is 1.48. The first-order chi connectivity index (χ1) is 10.9. The first-order valence-electron chi connectivity index (χ1n) is 6.73. The van der Waals surface area contributed by atoms with Crippen molar-refractivity contribution in [3.05, 3.63) is 60.5 Å². The minimum atomic E-state index is 0.392. The van der Waals surface area contributed by atoms with Crippen molar-refractivity contribution in [2.45, 2.75) is 11.0 Å². The Morgan fingerprint density at radius 2 is 1.95 bits per heavy atom. The van der Waals surface area contributed by atoms with E-state index >= 15 is 0 Å². The lowest BCUT2D eigenvalue weighted by atomic mass is 10.1. The smallest absolute Gasteiger partial charge is 0.284 e. The summed E-state index contributed by atoms with van der Waals surface area (Å²) in [5.41, 5.74) is 2.14. The molecule has 1 aromatic carbocycles. The maximum Gasteiger partial charge on any atom is 0.284 e. The van der Waals surface area contributed by atoms with Gasteiger partial charge in [-0.1, -0.05) is 36.0 Å². The number of pyridine rings is 1. The molecule has 4 aromatic rings. The minimum absolute atomic E-state index is 0.392. The van der Waals surface area contributed by atoms with Gasteiger partial charge in [0, 0.05) is 17.3 Å². The van der Waals surface area contributed by atoms with E-state index in [2.05, 4.69) is 33.4 Å². The van der Waals surface area contributed by atoms with E-state index in [1.807, 2.05) is 12.1 Å². The molecule has 0 spiro atoms. The van der Waals surface area contributed by atoms with Crippen LogP contribution in [0.1, 0.15) is 5.56 Å². The van der Waals surface area contributed by atoms with Gasteiger partial charge in [0.15, 0.2) is 5.76 Å². The van der Waals surface area contributed by atoms with Crippen LogP contribution in [0.25, 0.3) is 22.6 Å². The molecule has 22 heavy (non-hydrogen) atoms. The molecule has 0 amide bonds. The average Bonchev–Trinajstić information content (AvgIpc) is 3.24. The van der Waals surface area contributed by atoms with Crippen LogP contribution in [0.5, 0.6) is 0 Å². The molecule has 0 aliphatic heterocycles. The average molecular weight is 309 g/mol. The molecule has 3 aromatic heterocycles. The van der Waals surface area contributed by atoms with Crippen LogP contribution in [0, 0.1) is 0 Å². The second-order valence-electron chi connectivity index (χ2n) is 4.63. The molecule has 6 heteroatoms. The van der Waals surface area contributed by atoms with Crippen molar-refractivity contribution in [1.29, 1.82) is 0 Å². The fourth-order valence-electron chi connectivity index (χ4n) is 2.19. The molecule has 108 valence electrons. The van der Waals surface area contributed by atoms with Crippen LogP contribution >= 0.6 is 11.8 Å². The fraction of sp³-hybridized carbons (Fsp3) is 0.0625. The molecule has 5 nitrogen and oxygen atoms in total. The summed E-state index contributed by atoms with van der Waals surface area (Å²) in [6, 6.07) is 13.7. The Labute approximate surface area is 130 Å². The van der Waals surface area contributed by atoms with Gasteiger partial charge in [-0.25, -0.2) is 0 Å². The Morgan fingerprint density at radius 1 is 1.00 bits per heavy atom. The number of thioether (sulfide) groups is 1. The molecule has 3 heterocycles. The Bertz CT molecular complexity index is 897. The summed E-state index contributed by atoms with van der Waals surface area (Å²) < 4.78 is 10.8. The Kier molecular flexibility index (Phi) is 3.36. The third kappa shape index (κ3) is 2.48. The first-order valence-corrected chi connectivity index (χ1v) is 7.71. The van der Waals surface area contributed by atoms with E-state index < -0.39 is 0 Å². The third-order valence-electron chi connectivity index (χ3n) is 3.21. The largest absolute Gasteiger partial charge is 0.459 e. The molecular weight excluding hydrogens is 298 g/mol. The Hall–Kier alpha value is -2.60. The minimum Gasteiger partial charge on any atom is -0.459 e. The van der Waals surface area contributed by atoms with Gasteiger partial charge in [-0.2, -0.15) is 0 Å². The van der Waals surface area contributed by atoms with Crippen molar-refractivity contribution in [2.24, 2.45) is 0 Å². The van der Waals surface area contributed by atoms with E-state index in [4.69, 9.17) is 8.83 Å². The van der Waals surface area contributed by atoms with Gasteiger partial charge in [0.25, 0.3) is 11.1 Å². The van der Waals surface area contributed by atoms with Gasteiger partial charge in [-0.15, -0.1) is 10.2 Å². The number of hydrogen-bond acceptors (Lipinski definition) is 6. The molecule has 0 atom stereocenters. The second-order valence-corrected chi connectivity index (χ2v) is 5.56. The van der Waals surface area contributed by atoms with E-state index in [9.17, 15) is 0 Å². The summed E-state index contributed by atoms with van der Waals surface area (Å²) in [6.07, 6.45) is 3.38. The lowest BCUT2D eigenvalue weighted by Crippen LogP contribution is -1.86. The molecule has 0 saturated carbocycles. The van der Waals surface area contributed by atoms with Crippen LogP contribution in [0.4, 0.5) is 0 Å². The highest BCUT2D eigenvalue weighted by molar-refractivity contribution is 7.98. The van der Waals surface area contributed by atoms with E-state index in [0.29, 0.717) is 22.6 Å². The van der Waals surface area contributed by atoms with Crippen LogP contribution in [0.3, 0.4) is 0 Å². The normalized spacial score (nSPS) is 11.1. The molecule has 0 aliphatic carbocycles. The number of hydrogen-bond donors (Lipinski definition) is 0. The van der Waals surface area contributed by atoms with Crippen molar-refractivity contribution >= 4 is 22.7 Å². The van der Waals surface area contributed by atoms with Gasteiger partial charge in [-0.3, -0.25) is 4.98 Å². The lowest BCUT2D eigenvalue weighted by molar-refractivity contribution is 0.447. The van der Waals surface area contributed by atoms with Crippen LogP contribution in [0.2, 0.25) is 0 Å². The number of nitrogens with zero attached hydrogens (tertiary/aromatic N) is 3. The fourth-order valence-corrected chi connectivity index (χ4v) is 2.94. The molecule has 0 fully saturated rings. The number of furan rings is 1. The highest BCUT2D eigenvalue weighted by Crippen LogP contribution is 2.27.